The molecule has 12 heteroatoms. The molecule has 1 heterocycles. The highest BCUT2D eigenvalue weighted by atomic mass is 19.1. The second-order valence-electron chi connectivity index (χ2n) is 16.8. The lowest BCUT2D eigenvalue weighted by atomic mass is 9.98. The van der Waals surface area contributed by atoms with E-state index in [0.717, 1.165) is 63.5 Å². The number of aliphatic hydroxyl groups excluding tert-OH is 6. The minimum absolute atomic E-state index is 0.253. The number of aliphatic hydroxyl groups is 6. The molecule has 2 aromatic rings. The lowest BCUT2D eigenvalue weighted by Crippen LogP contribution is -2.60. The maximum Gasteiger partial charge on any atom is 0.220 e. The molecule has 8 unspecified atom stereocenters. The van der Waals surface area contributed by atoms with Gasteiger partial charge in [0.2, 0.25) is 5.91 Å². The SMILES string of the molecule is CCCCCCCCCCCCCCC(O)C(O)C(COC1OC(CO)C(O)C(O)C1O)NC(=O)CCCCCCCC.CCCCc1ccc(Oc2ccc(F)cc2)cc1. The number of hydrogen-bond acceptors (Lipinski definition) is 10. The lowest BCUT2D eigenvalue weighted by Gasteiger charge is -2.40. The van der Waals surface area contributed by atoms with Crippen molar-refractivity contribution in [1.82, 2.24) is 5.32 Å². The molecular weight excluding hydrogens is 782 g/mol. The fourth-order valence-electron chi connectivity index (χ4n) is 7.35. The van der Waals surface area contributed by atoms with E-state index in [4.69, 9.17) is 14.2 Å². The predicted octanol–water partition coefficient (Wildman–Crippen LogP) is 8.81. The second-order valence-corrected chi connectivity index (χ2v) is 16.8. The van der Waals surface area contributed by atoms with Crippen molar-refractivity contribution in [2.75, 3.05) is 13.2 Å². The number of hydrogen-bond donors (Lipinski definition) is 7. The van der Waals surface area contributed by atoms with Crippen LogP contribution in [0.15, 0.2) is 48.5 Å². The van der Waals surface area contributed by atoms with E-state index < -0.39 is 55.6 Å². The van der Waals surface area contributed by atoms with Gasteiger partial charge in [-0.05, 0) is 67.6 Å². The average Bonchev–Trinajstić information content (AvgIpc) is 3.26. The molecule has 11 nitrogen and oxygen atoms in total. The molecule has 7 N–H and O–H groups in total. The van der Waals surface area contributed by atoms with E-state index in [1.165, 1.54) is 88.3 Å². The molecule has 0 radical (unpaired) electrons. The largest absolute Gasteiger partial charge is 0.457 e. The van der Waals surface area contributed by atoms with Gasteiger partial charge in [-0.1, -0.05) is 148 Å². The Balaban J connectivity index is 0.000000585. The topological polar surface area (TPSA) is 178 Å². The van der Waals surface area contributed by atoms with Crippen molar-refractivity contribution < 1.29 is 54.0 Å². The number of ether oxygens (including phenoxy) is 3. The van der Waals surface area contributed by atoms with Gasteiger partial charge in [-0.25, -0.2) is 4.39 Å². The van der Waals surface area contributed by atoms with E-state index >= 15 is 0 Å². The van der Waals surface area contributed by atoms with Crippen LogP contribution in [0.5, 0.6) is 11.5 Å². The van der Waals surface area contributed by atoms with Crippen molar-refractivity contribution in [3.8, 4) is 11.5 Å². The van der Waals surface area contributed by atoms with Crippen LogP contribution in [0, 0.1) is 5.82 Å². The first-order valence-electron chi connectivity index (χ1n) is 23.6. The molecule has 3 rings (SSSR count). The van der Waals surface area contributed by atoms with Crippen LogP contribution >= 0.6 is 0 Å². The Labute approximate surface area is 366 Å². The van der Waals surface area contributed by atoms with Crippen molar-refractivity contribution in [2.45, 2.75) is 217 Å². The predicted molar refractivity (Wildman–Crippen MR) is 239 cm³/mol. The molecule has 1 fully saturated rings. The van der Waals surface area contributed by atoms with Gasteiger partial charge in [-0.3, -0.25) is 4.79 Å². The fraction of sp³-hybridized carbons (Fsp3) is 0.735. The quantitative estimate of drug-likeness (QED) is 0.0352. The maximum absolute atomic E-state index is 12.7. The Morgan fingerprint density at radius 1 is 0.672 bits per heavy atom. The summed E-state index contributed by atoms with van der Waals surface area (Å²) in [4.78, 5) is 12.7. The highest BCUT2D eigenvalue weighted by Crippen LogP contribution is 2.24. The summed E-state index contributed by atoms with van der Waals surface area (Å²) in [6.45, 7) is 5.67. The molecule has 1 aliphatic heterocycles. The number of halogens is 1. The first kappa shape index (κ1) is 54.5. The summed E-state index contributed by atoms with van der Waals surface area (Å²) in [6.07, 6.45) is 15.0. The van der Waals surface area contributed by atoms with Crippen molar-refractivity contribution >= 4 is 5.91 Å². The third-order valence-corrected chi connectivity index (χ3v) is 11.3. The Morgan fingerprint density at radius 2 is 1.16 bits per heavy atom. The standard InChI is InChI=1S/C33H65NO9.C16H17FO/c1-3-5-7-9-11-12-13-14-15-16-17-19-21-26(36)29(38)25(34-28(37)22-20-18-10-8-6-4-2)24-42-33-32(41)31(40)30(39)27(23-35)43-33;1-2-3-4-13-5-9-15(10-6-13)18-16-11-7-14(17)8-12-16/h25-27,29-33,35-36,38-41H,3-24H2,1-2H3,(H,34,37);5-12H,2-4H2,1H3. The zero-order valence-corrected chi connectivity index (χ0v) is 37.6. The van der Waals surface area contributed by atoms with Gasteiger partial charge in [0.15, 0.2) is 6.29 Å². The van der Waals surface area contributed by atoms with Gasteiger partial charge in [-0.2, -0.15) is 0 Å². The van der Waals surface area contributed by atoms with E-state index in [-0.39, 0.29) is 24.8 Å². The van der Waals surface area contributed by atoms with Crippen LogP contribution in [-0.4, -0.2) is 98.7 Å². The van der Waals surface area contributed by atoms with Gasteiger partial charge in [0, 0.05) is 6.42 Å². The molecule has 61 heavy (non-hydrogen) atoms. The summed E-state index contributed by atoms with van der Waals surface area (Å²) < 4.78 is 29.4. The molecule has 1 amide bonds. The van der Waals surface area contributed by atoms with Crippen molar-refractivity contribution in [3.05, 3.63) is 59.9 Å². The number of unbranched alkanes of at least 4 members (excludes halogenated alkanes) is 17. The van der Waals surface area contributed by atoms with Gasteiger partial charge in [0.05, 0.1) is 25.4 Å². The molecule has 0 bridgehead atoms. The minimum atomic E-state index is -1.60. The highest BCUT2D eigenvalue weighted by Gasteiger charge is 2.44. The van der Waals surface area contributed by atoms with E-state index in [2.05, 4.69) is 38.2 Å². The van der Waals surface area contributed by atoms with Crippen LogP contribution in [0.1, 0.15) is 168 Å². The van der Waals surface area contributed by atoms with E-state index in [0.29, 0.717) is 18.6 Å². The molecule has 0 aromatic heterocycles. The van der Waals surface area contributed by atoms with Crippen LogP contribution in [0.4, 0.5) is 4.39 Å². The summed E-state index contributed by atoms with van der Waals surface area (Å²) in [5, 5.41) is 64.3. The smallest absolute Gasteiger partial charge is 0.220 e. The van der Waals surface area contributed by atoms with Crippen molar-refractivity contribution in [1.29, 1.82) is 0 Å². The van der Waals surface area contributed by atoms with Crippen LogP contribution in [0.2, 0.25) is 0 Å². The maximum atomic E-state index is 12.7. The molecule has 8 atom stereocenters. The molecule has 1 aliphatic rings. The van der Waals surface area contributed by atoms with Gasteiger partial charge in [0.25, 0.3) is 0 Å². The Morgan fingerprint density at radius 3 is 1.69 bits per heavy atom. The number of amides is 1. The summed E-state index contributed by atoms with van der Waals surface area (Å²) in [7, 11) is 0. The molecule has 0 aliphatic carbocycles. The number of carbonyl (C=O) groups excluding carboxylic acids is 1. The lowest BCUT2D eigenvalue weighted by molar-refractivity contribution is -0.303. The Bertz CT molecular complexity index is 1350. The highest BCUT2D eigenvalue weighted by molar-refractivity contribution is 5.76. The normalized spacial score (nSPS) is 20.3. The number of carbonyl (C=O) groups is 1. The van der Waals surface area contributed by atoms with Crippen LogP contribution in [0.3, 0.4) is 0 Å². The van der Waals surface area contributed by atoms with Crippen LogP contribution in [0.25, 0.3) is 0 Å². The van der Waals surface area contributed by atoms with Gasteiger partial charge >= 0.3 is 0 Å². The molecule has 0 saturated carbocycles. The number of rotatable bonds is 32. The first-order chi connectivity index (χ1) is 29.5. The van der Waals surface area contributed by atoms with E-state index in [1.807, 2.05) is 12.1 Å². The number of aryl methyl sites for hydroxylation is 1. The molecule has 2 aromatic carbocycles. The van der Waals surface area contributed by atoms with E-state index in [9.17, 15) is 39.8 Å². The molecular formula is C49H82FNO10. The zero-order valence-electron chi connectivity index (χ0n) is 37.6. The monoisotopic (exact) mass is 864 g/mol. The second kappa shape index (κ2) is 33.8. The summed E-state index contributed by atoms with van der Waals surface area (Å²) >= 11 is 0. The minimum Gasteiger partial charge on any atom is -0.457 e. The van der Waals surface area contributed by atoms with E-state index in [1.54, 1.807) is 12.1 Å². The van der Waals surface area contributed by atoms with Crippen molar-refractivity contribution in [3.63, 3.8) is 0 Å². The average molecular weight is 864 g/mol. The Kier molecular flexibility index (Phi) is 30.2. The molecule has 1 saturated heterocycles. The Hall–Kier alpha value is -2.68. The molecule has 0 spiro atoms. The summed E-state index contributed by atoms with van der Waals surface area (Å²) in [5.74, 6) is 0.909. The number of benzene rings is 2. The van der Waals surface area contributed by atoms with Gasteiger partial charge in [0.1, 0.15) is 47.8 Å². The van der Waals surface area contributed by atoms with Gasteiger partial charge < -0.3 is 50.2 Å². The first-order valence-corrected chi connectivity index (χ1v) is 23.6. The summed E-state index contributed by atoms with van der Waals surface area (Å²) in [6, 6.07) is 13.1. The van der Waals surface area contributed by atoms with Crippen molar-refractivity contribution in [2.24, 2.45) is 0 Å². The van der Waals surface area contributed by atoms with Crippen LogP contribution < -0.4 is 10.1 Å². The summed E-state index contributed by atoms with van der Waals surface area (Å²) in [5.41, 5.74) is 1.32. The van der Waals surface area contributed by atoms with Crippen LogP contribution in [-0.2, 0) is 20.7 Å². The third-order valence-electron chi connectivity index (χ3n) is 11.3. The fourth-order valence-corrected chi connectivity index (χ4v) is 7.35. The third kappa shape index (κ3) is 23.5. The number of nitrogens with one attached hydrogen (secondary N) is 1. The zero-order chi connectivity index (χ0) is 44.7. The van der Waals surface area contributed by atoms with Gasteiger partial charge in [-0.15, -0.1) is 0 Å². The molecule has 350 valence electrons.